The minimum atomic E-state index is -1.25. The van der Waals surface area contributed by atoms with Crippen LogP contribution < -0.4 is 0 Å². The summed E-state index contributed by atoms with van der Waals surface area (Å²) in [6, 6.07) is 0. The summed E-state index contributed by atoms with van der Waals surface area (Å²) in [6.07, 6.45) is 0.0191. The molecule has 0 radical (unpaired) electrons. The number of aliphatic hydroxyl groups is 1. The van der Waals surface area contributed by atoms with Crippen molar-refractivity contribution in [2.24, 2.45) is 0 Å². The Bertz CT molecular complexity index is 196. The van der Waals surface area contributed by atoms with Gasteiger partial charge >= 0.3 is 0 Å². The third-order valence-electron chi connectivity index (χ3n) is 1.35. The summed E-state index contributed by atoms with van der Waals surface area (Å²) in [5.41, 5.74) is 3.20. The molecule has 0 amide bonds. The van der Waals surface area contributed by atoms with E-state index in [1.54, 1.807) is 0 Å². The highest BCUT2D eigenvalue weighted by Gasteiger charge is 2.36. The molecule has 0 spiro atoms. The molecule has 1 aliphatic heterocycles. The van der Waals surface area contributed by atoms with Crippen LogP contribution in [0.5, 0.6) is 0 Å². The van der Waals surface area contributed by atoms with Gasteiger partial charge in [0.1, 0.15) is 20.3 Å². The quantitative estimate of drug-likeness (QED) is 0.355. The summed E-state index contributed by atoms with van der Waals surface area (Å²) < 4.78 is 5.06. The zero-order valence-electron chi connectivity index (χ0n) is 7.22. The molecule has 1 saturated heterocycles. The predicted octanol–water partition coefficient (Wildman–Crippen LogP) is 0.627. The van der Waals surface area contributed by atoms with Crippen LogP contribution in [-0.4, -0.2) is 32.0 Å². The number of epoxide rings is 1. The monoisotopic (exact) mass is 170 g/mol. The Kier molecular flexibility index (Phi) is 2.38. The zero-order chi connectivity index (χ0) is 8.48. The van der Waals surface area contributed by atoms with Crippen molar-refractivity contribution >= 4 is 8.07 Å². The van der Waals surface area contributed by atoms with Crippen molar-refractivity contribution < 1.29 is 9.84 Å². The van der Waals surface area contributed by atoms with Gasteiger partial charge in [0.25, 0.3) is 0 Å². The molecule has 0 aromatic heterocycles. The molecule has 2 unspecified atom stereocenters. The molecule has 1 N–H and O–H groups in total. The molecular formula is C8H14O2Si. The average molecular weight is 170 g/mol. The van der Waals surface area contributed by atoms with Crippen molar-refractivity contribution in [1.29, 1.82) is 0 Å². The van der Waals surface area contributed by atoms with Crippen LogP contribution in [0.15, 0.2) is 0 Å². The standard InChI is InChI=1S/C8H14O2Si/c1-11(2,3)5-4-7-8(6-9)10-7/h7-9H,6H2,1-3H3. The van der Waals surface area contributed by atoms with E-state index < -0.39 is 8.07 Å². The lowest BCUT2D eigenvalue weighted by molar-refractivity contribution is 0.243. The number of hydrogen-bond acceptors (Lipinski definition) is 2. The van der Waals surface area contributed by atoms with Crippen molar-refractivity contribution in [2.75, 3.05) is 6.61 Å². The maximum atomic E-state index is 8.62. The van der Waals surface area contributed by atoms with Crippen molar-refractivity contribution in [2.45, 2.75) is 31.8 Å². The van der Waals surface area contributed by atoms with Gasteiger partial charge in [0, 0.05) is 0 Å². The number of hydrogen-bond donors (Lipinski definition) is 1. The molecule has 62 valence electrons. The SMILES string of the molecule is C[Si](C)(C)C#CC1OC1CO. The number of ether oxygens (including phenoxy) is 1. The summed E-state index contributed by atoms with van der Waals surface area (Å²) in [7, 11) is -1.25. The van der Waals surface area contributed by atoms with E-state index in [0.29, 0.717) is 0 Å². The minimum absolute atomic E-state index is 0.00106. The average Bonchev–Trinajstić information content (AvgIpc) is 2.60. The molecule has 0 saturated carbocycles. The van der Waals surface area contributed by atoms with Crippen molar-refractivity contribution in [3.05, 3.63) is 0 Å². The Morgan fingerprint density at radius 1 is 1.45 bits per heavy atom. The number of aliphatic hydroxyl groups excluding tert-OH is 1. The fourth-order valence-electron chi connectivity index (χ4n) is 0.696. The van der Waals surface area contributed by atoms with E-state index in [2.05, 4.69) is 31.1 Å². The van der Waals surface area contributed by atoms with E-state index in [4.69, 9.17) is 9.84 Å². The maximum absolute atomic E-state index is 8.62. The molecule has 1 rings (SSSR count). The Morgan fingerprint density at radius 2 is 2.09 bits per heavy atom. The molecule has 1 heterocycles. The van der Waals surface area contributed by atoms with Crippen LogP contribution in [0.2, 0.25) is 19.6 Å². The molecule has 11 heavy (non-hydrogen) atoms. The Hall–Kier alpha value is -0.303. The van der Waals surface area contributed by atoms with Crippen LogP contribution in [0.3, 0.4) is 0 Å². The lowest BCUT2D eigenvalue weighted by Crippen LogP contribution is -2.16. The summed E-state index contributed by atoms with van der Waals surface area (Å²) in [5, 5.41) is 8.62. The molecule has 0 bridgehead atoms. The van der Waals surface area contributed by atoms with Gasteiger partial charge in [-0.1, -0.05) is 25.6 Å². The van der Waals surface area contributed by atoms with Gasteiger partial charge in [-0.3, -0.25) is 0 Å². The molecule has 1 aliphatic rings. The summed E-state index contributed by atoms with van der Waals surface area (Å²) in [5.74, 6) is 3.03. The van der Waals surface area contributed by atoms with Crippen molar-refractivity contribution in [3.8, 4) is 11.5 Å². The first-order chi connectivity index (χ1) is 5.03. The van der Waals surface area contributed by atoms with Crippen LogP contribution in [0.25, 0.3) is 0 Å². The molecule has 0 aromatic rings. The second-order valence-corrected chi connectivity index (χ2v) is 8.55. The topological polar surface area (TPSA) is 32.8 Å². The Labute approximate surface area is 68.6 Å². The molecular weight excluding hydrogens is 156 g/mol. The first kappa shape index (κ1) is 8.79. The van der Waals surface area contributed by atoms with Crippen LogP contribution in [0.1, 0.15) is 0 Å². The summed E-state index contributed by atoms with van der Waals surface area (Å²) in [6.45, 7) is 6.67. The largest absolute Gasteiger partial charge is 0.394 e. The van der Waals surface area contributed by atoms with E-state index in [1.807, 2.05) is 0 Å². The first-order valence-corrected chi connectivity index (χ1v) is 7.32. The zero-order valence-corrected chi connectivity index (χ0v) is 8.22. The Morgan fingerprint density at radius 3 is 2.45 bits per heavy atom. The normalized spacial score (nSPS) is 29.1. The van der Waals surface area contributed by atoms with Gasteiger partial charge in [-0.25, -0.2) is 0 Å². The van der Waals surface area contributed by atoms with Crippen LogP contribution in [-0.2, 0) is 4.74 Å². The molecule has 1 fully saturated rings. The van der Waals surface area contributed by atoms with Crippen LogP contribution >= 0.6 is 0 Å². The molecule has 2 nitrogen and oxygen atoms in total. The highest BCUT2D eigenvalue weighted by Crippen LogP contribution is 2.19. The smallest absolute Gasteiger partial charge is 0.146 e. The third kappa shape index (κ3) is 3.06. The Balaban J connectivity index is 2.36. The van der Waals surface area contributed by atoms with E-state index >= 15 is 0 Å². The van der Waals surface area contributed by atoms with Crippen LogP contribution in [0.4, 0.5) is 0 Å². The van der Waals surface area contributed by atoms with E-state index in [0.717, 1.165) is 0 Å². The van der Waals surface area contributed by atoms with Gasteiger partial charge in [0.15, 0.2) is 0 Å². The lowest BCUT2D eigenvalue weighted by atomic mass is 10.3. The predicted molar refractivity (Wildman–Crippen MR) is 46.9 cm³/mol. The van der Waals surface area contributed by atoms with Crippen molar-refractivity contribution in [3.63, 3.8) is 0 Å². The minimum Gasteiger partial charge on any atom is -0.394 e. The van der Waals surface area contributed by atoms with Gasteiger partial charge < -0.3 is 9.84 Å². The maximum Gasteiger partial charge on any atom is 0.146 e. The summed E-state index contributed by atoms with van der Waals surface area (Å²) >= 11 is 0. The van der Waals surface area contributed by atoms with Crippen molar-refractivity contribution in [1.82, 2.24) is 0 Å². The molecule has 0 aromatic carbocycles. The second-order valence-electron chi connectivity index (χ2n) is 3.80. The van der Waals surface area contributed by atoms with Gasteiger partial charge in [-0.2, -0.15) is 0 Å². The van der Waals surface area contributed by atoms with Gasteiger partial charge in [-0.15, -0.1) is 5.54 Å². The number of rotatable bonds is 1. The first-order valence-electron chi connectivity index (χ1n) is 3.82. The molecule has 3 heteroatoms. The highest BCUT2D eigenvalue weighted by atomic mass is 28.3. The fourth-order valence-corrected chi connectivity index (χ4v) is 1.27. The summed E-state index contributed by atoms with van der Waals surface area (Å²) in [4.78, 5) is 0. The van der Waals surface area contributed by atoms with Gasteiger partial charge in [-0.05, 0) is 0 Å². The van der Waals surface area contributed by atoms with Crippen LogP contribution in [0, 0.1) is 11.5 Å². The highest BCUT2D eigenvalue weighted by molar-refractivity contribution is 6.83. The fraction of sp³-hybridized carbons (Fsp3) is 0.750. The third-order valence-corrected chi connectivity index (χ3v) is 2.25. The van der Waals surface area contributed by atoms with Gasteiger partial charge in [0.2, 0.25) is 0 Å². The van der Waals surface area contributed by atoms with E-state index in [1.165, 1.54) is 0 Å². The molecule has 0 aliphatic carbocycles. The van der Waals surface area contributed by atoms with E-state index in [-0.39, 0.29) is 18.8 Å². The molecule has 2 atom stereocenters. The second kappa shape index (κ2) is 2.98. The van der Waals surface area contributed by atoms with Gasteiger partial charge in [0.05, 0.1) is 6.61 Å². The van der Waals surface area contributed by atoms with E-state index in [9.17, 15) is 0 Å². The lowest BCUT2D eigenvalue weighted by Gasteiger charge is -2.02.